The van der Waals surface area contributed by atoms with Crippen LogP contribution in [0, 0.1) is 5.92 Å². The van der Waals surface area contributed by atoms with Gasteiger partial charge in [0.2, 0.25) is 5.91 Å². The Morgan fingerprint density at radius 1 is 1.42 bits per heavy atom. The maximum atomic E-state index is 11.8. The second-order valence-corrected chi connectivity index (χ2v) is 5.22. The zero-order valence-electron chi connectivity index (χ0n) is 11.4. The molecule has 1 aromatic rings. The number of aromatic nitrogens is 1. The van der Waals surface area contributed by atoms with E-state index in [1.54, 1.807) is 25.1 Å². The summed E-state index contributed by atoms with van der Waals surface area (Å²) >= 11 is 4.87. The van der Waals surface area contributed by atoms with Crippen LogP contribution >= 0.6 is 12.2 Å². The van der Waals surface area contributed by atoms with Crippen molar-refractivity contribution in [1.29, 1.82) is 0 Å². The maximum Gasteiger partial charge on any atom is 0.242 e. The Hall–Kier alpha value is -1.69. The van der Waals surface area contributed by atoms with Crippen LogP contribution in [0.25, 0.3) is 0 Å². The van der Waals surface area contributed by atoms with Gasteiger partial charge in [-0.2, -0.15) is 0 Å². The molecule has 19 heavy (non-hydrogen) atoms. The molecule has 0 saturated carbocycles. The van der Waals surface area contributed by atoms with Gasteiger partial charge in [-0.25, -0.2) is 4.98 Å². The van der Waals surface area contributed by atoms with Crippen LogP contribution in [0.4, 0.5) is 5.82 Å². The van der Waals surface area contributed by atoms with Crippen molar-refractivity contribution >= 4 is 28.9 Å². The first kappa shape index (κ1) is 15.4. The molecule has 1 unspecified atom stereocenters. The van der Waals surface area contributed by atoms with Crippen LogP contribution in [0.2, 0.25) is 0 Å². The molecule has 4 N–H and O–H groups in total. The number of amides is 1. The highest BCUT2D eigenvalue weighted by molar-refractivity contribution is 7.80. The van der Waals surface area contributed by atoms with Crippen molar-refractivity contribution in [3.05, 3.63) is 23.9 Å². The molecular weight excluding hydrogens is 260 g/mol. The molecule has 0 aliphatic heterocycles. The van der Waals surface area contributed by atoms with Gasteiger partial charge in [0, 0.05) is 6.54 Å². The number of nitrogens with two attached hydrogens (primary N) is 1. The molecule has 1 heterocycles. The Balaban J connectivity index is 2.61. The Morgan fingerprint density at radius 2 is 2.11 bits per heavy atom. The molecule has 0 aliphatic rings. The number of thiocarbonyl (C=S) groups is 1. The first-order valence-electron chi connectivity index (χ1n) is 6.21. The first-order chi connectivity index (χ1) is 8.90. The molecule has 1 amide bonds. The molecule has 0 radical (unpaired) electrons. The minimum absolute atomic E-state index is 0.0590. The number of hydrogen-bond acceptors (Lipinski definition) is 4. The topological polar surface area (TPSA) is 80.0 Å². The Kier molecular flexibility index (Phi) is 5.69. The number of nitrogens with zero attached hydrogens (tertiary/aromatic N) is 1. The van der Waals surface area contributed by atoms with Crippen LogP contribution in [-0.4, -0.2) is 28.5 Å². The third kappa shape index (κ3) is 5.21. The van der Waals surface area contributed by atoms with E-state index in [9.17, 15) is 4.79 Å². The summed E-state index contributed by atoms with van der Waals surface area (Å²) < 4.78 is 0. The van der Waals surface area contributed by atoms with E-state index in [0.29, 0.717) is 24.0 Å². The predicted octanol–water partition coefficient (Wildman–Crippen LogP) is 1.29. The van der Waals surface area contributed by atoms with E-state index < -0.39 is 0 Å². The number of pyridine rings is 1. The molecule has 0 aromatic carbocycles. The fourth-order valence-electron chi connectivity index (χ4n) is 1.40. The number of carbonyl (C=O) groups is 1. The van der Waals surface area contributed by atoms with E-state index in [2.05, 4.69) is 15.6 Å². The van der Waals surface area contributed by atoms with E-state index in [-0.39, 0.29) is 16.9 Å². The summed E-state index contributed by atoms with van der Waals surface area (Å²) in [5, 5.41) is 5.88. The van der Waals surface area contributed by atoms with Gasteiger partial charge in [-0.1, -0.05) is 32.1 Å². The number of anilines is 1. The highest BCUT2D eigenvalue weighted by atomic mass is 32.1. The van der Waals surface area contributed by atoms with Crippen molar-refractivity contribution in [2.45, 2.75) is 26.8 Å². The summed E-state index contributed by atoms with van der Waals surface area (Å²) in [6.45, 7) is 6.53. The van der Waals surface area contributed by atoms with Crippen LogP contribution in [-0.2, 0) is 4.79 Å². The second-order valence-electron chi connectivity index (χ2n) is 4.78. The van der Waals surface area contributed by atoms with Crippen molar-refractivity contribution in [1.82, 2.24) is 10.3 Å². The van der Waals surface area contributed by atoms with E-state index in [1.165, 1.54) is 0 Å². The van der Waals surface area contributed by atoms with Gasteiger partial charge in [-0.15, -0.1) is 0 Å². The van der Waals surface area contributed by atoms with Gasteiger partial charge in [0.1, 0.15) is 16.8 Å². The van der Waals surface area contributed by atoms with Gasteiger partial charge in [-0.05, 0) is 25.0 Å². The minimum atomic E-state index is -0.368. The maximum absolute atomic E-state index is 11.8. The zero-order valence-corrected chi connectivity index (χ0v) is 12.3. The predicted molar refractivity (Wildman–Crippen MR) is 81.1 cm³/mol. The Morgan fingerprint density at radius 3 is 2.68 bits per heavy atom. The van der Waals surface area contributed by atoms with E-state index in [4.69, 9.17) is 18.0 Å². The molecule has 0 saturated heterocycles. The summed E-state index contributed by atoms with van der Waals surface area (Å²) in [5.74, 6) is 0.945. The smallest absolute Gasteiger partial charge is 0.242 e. The highest BCUT2D eigenvalue weighted by Crippen LogP contribution is 2.06. The van der Waals surface area contributed by atoms with E-state index >= 15 is 0 Å². The van der Waals surface area contributed by atoms with Crippen molar-refractivity contribution < 1.29 is 4.79 Å². The van der Waals surface area contributed by atoms with Gasteiger partial charge in [0.25, 0.3) is 0 Å². The molecule has 1 rings (SSSR count). The minimum Gasteiger partial charge on any atom is -0.388 e. The van der Waals surface area contributed by atoms with Crippen LogP contribution < -0.4 is 16.4 Å². The largest absolute Gasteiger partial charge is 0.388 e. The summed E-state index contributed by atoms with van der Waals surface area (Å²) in [4.78, 5) is 16.3. The molecule has 6 heteroatoms. The zero-order chi connectivity index (χ0) is 14.4. The van der Waals surface area contributed by atoms with E-state index in [1.807, 2.05) is 13.8 Å². The molecule has 0 aliphatic carbocycles. The molecule has 1 atom stereocenters. The van der Waals surface area contributed by atoms with Crippen LogP contribution in [0.15, 0.2) is 18.2 Å². The number of nitrogens with one attached hydrogen (secondary N) is 2. The summed E-state index contributed by atoms with van der Waals surface area (Å²) in [5.41, 5.74) is 6.05. The number of hydrogen-bond donors (Lipinski definition) is 3. The molecule has 0 spiro atoms. The molecule has 104 valence electrons. The van der Waals surface area contributed by atoms with Crippen LogP contribution in [0.1, 0.15) is 26.5 Å². The molecular formula is C13H20N4OS. The lowest BCUT2D eigenvalue weighted by molar-refractivity contribution is -0.121. The lowest BCUT2D eigenvalue weighted by atomic mass is 10.2. The van der Waals surface area contributed by atoms with Crippen molar-refractivity contribution in [2.75, 3.05) is 11.9 Å². The quantitative estimate of drug-likeness (QED) is 0.684. The molecule has 1 aromatic heterocycles. The third-order valence-corrected chi connectivity index (χ3v) is 2.65. The van der Waals surface area contributed by atoms with Gasteiger partial charge in [0.15, 0.2) is 0 Å². The van der Waals surface area contributed by atoms with Crippen LogP contribution in [0.3, 0.4) is 0 Å². The average molecular weight is 280 g/mol. The lowest BCUT2D eigenvalue weighted by Crippen LogP contribution is -2.39. The Bertz CT molecular complexity index is 462. The first-order valence-corrected chi connectivity index (χ1v) is 6.62. The summed E-state index contributed by atoms with van der Waals surface area (Å²) in [6, 6.07) is 4.93. The summed E-state index contributed by atoms with van der Waals surface area (Å²) in [6.07, 6.45) is 0. The summed E-state index contributed by atoms with van der Waals surface area (Å²) in [7, 11) is 0. The van der Waals surface area contributed by atoms with Crippen molar-refractivity contribution in [2.24, 2.45) is 11.7 Å². The number of carbonyl (C=O) groups excluding carboxylic acids is 1. The standard InChI is InChI=1S/C13H20N4OS/c1-8(2)7-15-13(18)9(3)16-11-6-4-5-10(17-11)12(14)19/h4-6,8-9H,7H2,1-3H3,(H2,14,19)(H,15,18)(H,16,17). The second kappa shape index (κ2) is 7.04. The molecule has 0 bridgehead atoms. The number of rotatable bonds is 6. The molecule has 5 nitrogen and oxygen atoms in total. The monoisotopic (exact) mass is 280 g/mol. The van der Waals surface area contributed by atoms with Crippen LogP contribution in [0.5, 0.6) is 0 Å². The van der Waals surface area contributed by atoms with Gasteiger partial charge >= 0.3 is 0 Å². The SMILES string of the molecule is CC(C)CNC(=O)C(C)Nc1cccc(C(N)=S)n1. The van der Waals surface area contributed by atoms with Gasteiger partial charge in [0.05, 0.1) is 5.69 Å². The normalized spacial score (nSPS) is 12.0. The Labute approximate surface area is 119 Å². The van der Waals surface area contributed by atoms with Crippen molar-refractivity contribution in [3.8, 4) is 0 Å². The average Bonchev–Trinajstić information content (AvgIpc) is 2.36. The highest BCUT2D eigenvalue weighted by Gasteiger charge is 2.13. The van der Waals surface area contributed by atoms with E-state index in [0.717, 1.165) is 0 Å². The van der Waals surface area contributed by atoms with Gasteiger partial charge in [-0.3, -0.25) is 4.79 Å². The molecule has 0 fully saturated rings. The third-order valence-electron chi connectivity index (χ3n) is 2.44. The van der Waals surface area contributed by atoms with Gasteiger partial charge < -0.3 is 16.4 Å². The van der Waals surface area contributed by atoms with Crippen molar-refractivity contribution in [3.63, 3.8) is 0 Å². The fourth-order valence-corrected chi connectivity index (χ4v) is 1.51. The fraction of sp³-hybridized carbons (Fsp3) is 0.462. The lowest BCUT2D eigenvalue weighted by Gasteiger charge is -2.16.